The van der Waals surface area contributed by atoms with Gasteiger partial charge in [-0.1, -0.05) is 0 Å². The van der Waals surface area contributed by atoms with Crippen LogP contribution in [-0.2, 0) is 3.83 Å². The van der Waals surface area contributed by atoms with Crippen LogP contribution in [-0.4, -0.2) is 29.7 Å². The first-order valence-corrected chi connectivity index (χ1v) is 7.84. The molecule has 1 unspecified atom stereocenters. The van der Waals surface area contributed by atoms with Crippen molar-refractivity contribution < 1.29 is 8.63 Å². The molecule has 18 heavy (non-hydrogen) atoms. The fraction of sp³-hybridized carbons (Fsp3) is 0. The fourth-order valence-electron chi connectivity index (χ4n) is 1.75. The third kappa shape index (κ3) is 1.83. The molecular formula is C13H8N2O2Se. The average molecular weight is 303 g/mol. The Kier molecular flexibility index (Phi) is 2.70. The van der Waals surface area contributed by atoms with Crippen molar-refractivity contribution in [3.63, 3.8) is 0 Å². The molecule has 1 atom stereocenters. The number of rotatable bonds is 2. The second kappa shape index (κ2) is 4.37. The molecule has 5 heteroatoms. The Balaban J connectivity index is 2.02. The van der Waals surface area contributed by atoms with Gasteiger partial charge in [-0.05, 0) is 0 Å². The first-order valence-electron chi connectivity index (χ1n) is 5.29. The molecule has 0 spiro atoms. The number of hydrogen-bond donors (Lipinski definition) is 0. The minimum absolute atomic E-state index is 0.114. The van der Waals surface area contributed by atoms with Gasteiger partial charge in [0.2, 0.25) is 0 Å². The van der Waals surface area contributed by atoms with E-state index in [2.05, 4.69) is 9.98 Å². The van der Waals surface area contributed by atoms with Crippen molar-refractivity contribution in [2.24, 2.45) is 4.99 Å². The summed E-state index contributed by atoms with van der Waals surface area (Å²) in [6.45, 7) is 0. The Morgan fingerprint density at radius 1 is 1.17 bits per heavy atom. The molecule has 1 aromatic heterocycles. The summed E-state index contributed by atoms with van der Waals surface area (Å²) in [5.41, 5.74) is 1.76. The Bertz CT molecular complexity index is 681. The molecular weight excluding hydrogens is 295 g/mol. The summed E-state index contributed by atoms with van der Waals surface area (Å²) in [7, 11) is 0. The Labute approximate surface area is 107 Å². The molecule has 2 aromatic rings. The summed E-state index contributed by atoms with van der Waals surface area (Å²) in [5, 5.41) is 1.48. The summed E-state index contributed by atoms with van der Waals surface area (Å²) in [5.74, 6) is -0.114. The zero-order valence-electron chi connectivity index (χ0n) is 9.24. The fourth-order valence-corrected chi connectivity index (χ4v) is 3.62. The number of carbonyl (C=O) groups is 1. The summed E-state index contributed by atoms with van der Waals surface area (Å²) in [6, 6.07) is 8.54. The van der Waals surface area contributed by atoms with Gasteiger partial charge in [-0.15, -0.1) is 0 Å². The van der Waals surface area contributed by atoms with E-state index in [-0.39, 0.29) is 5.78 Å². The monoisotopic (exact) mass is 304 g/mol. The number of pyridine rings is 1. The van der Waals surface area contributed by atoms with Crippen molar-refractivity contribution in [3.05, 3.63) is 53.9 Å². The Hall–Kier alpha value is -1.97. The predicted molar refractivity (Wildman–Crippen MR) is 68.3 cm³/mol. The van der Waals surface area contributed by atoms with Gasteiger partial charge in [-0.25, -0.2) is 0 Å². The van der Waals surface area contributed by atoms with Crippen LogP contribution in [0.15, 0.2) is 47.7 Å². The molecule has 0 amide bonds. The number of fused-ring (bicyclic) bond motifs is 1. The van der Waals surface area contributed by atoms with E-state index in [1.807, 2.05) is 0 Å². The van der Waals surface area contributed by atoms with Crippen LogP contribution in [0, 0.1) is 0 Å². The number of benzene rings is 1. The molecule has 0 saturated heterocycles. The molecule has 0 bridgehead atoms. The van der Waals surface area contributed by atoms with Crippen LogP contribution in [0.5, 0.6) is 0 Å². The second-order valence-electron chi connectivity index (χ2n) is 3.79. The van der Waals surface area contributed by atoms with Crippen molar-refractivity contribution in [1.29, 1.82) is 0 Å². The number of aromatic nitrogens is 1. The molecule has 0 aliphatic carbocycles. The van der Waals surface area contributed by atoms with Gasteiger partial charge in [-0.2, -0.15) is 0 Å². The molecule has 0 N–H and O–H groups in total. The summed E-state index contributed by atoms with van der Waals surface area (Å²) in [4.78, 5) is 20.2. The minimum atomic E-state index is -2.18. The van der Waals surface area contributed by atoms with E-state index in [0.29, 0.717) is 21.3 Å². The van der Waals surface area contributed by atoms with E-state index >= 15 is 0 Å². The molecule has 0 saturated carbocycles. The van der Waals surface area contributed by atoms with Crippen molar-refractivity contribution in [2.45, 2.75) is 0 Å². The zero-order valence-corrected chi connectivity index (χ0v) is 11.0. The van der Waals surface area contributed by atoms with Crippen molar-refractivity contribution in [3.8, 4) is 0 Å². The van der Waals surface area contributed by atoms with Crippen LogP contribution in [0.4, 0.5) is 5.69 Å². The van der Waals surface area contributed by atoms with E-state index < -0.39 is 13.8 Å². The van der Waals surface area contributed by atoms with E-state index in [1.54, 1.807) is 36.5 Å². The molecule has 0 fully saturated rings. The Morgan fingerprint density at radius 3 is 2.83 bits per heavy atom. The molecule has 2 heterocycles. The van der Waals surface area contributed by atoms with Gasteiger partial charge in [-0.3, -0.25) is 0 Å². The first kappa shape index (κ1) is 11.1. The third-order valence-corrected chi connectivity index (χ3v) is 4.87. The molecule has 1 aliphatic rings. The number of hydrogen-bond acceptors (Lipinski definition) is 4. The van der Waals surface area contributed by atoms with E-state index in [4.69, 9.17) is 0 Å². The van der Waals surface area contributed by atoms with Crippen LogP contribution in [0.1, 0.15) is 15.9 Å². The van der Waals surface area contributed by atoms with Gasteiger partial charge in [0.15, 0.2) is 0 Å². The van der Waals surface area contributed by atoms with Crippen molar-refractivity contribution in [1.82, 2.24) is 4.98 Å². The number of nitrogens with zero attached hydrogens (tertiary/aromatic N) is 2. The number of aliphatic imine (C=N–C) groups is 1. The van der Waals surface area contributed by atoms with Gasteiger partial charge in [0.05, 0.1) is 0 Å². The van der Waals surface area contributed by atoms with Crippen LogP contribution in [0.2, 0.25) is 0 Å². The standard InChI is InChI=1S/C13H8N2O2Se/c16-13(10-2-1-5-14-7-10)9-3-4-11-12(6-9)18(17)8-15-11/h1-8H. The summed E-state index contributed by atoms with van der Waals surface area (Å²) in [6.07, 6.45) is 3.14. The van der Waals surface area contributed by atoms with Crippen molar-refractivity contribution in [2.75, 3.05) is 0 Å². The van der Waals surface area contributed by atoms with Gasteiger partial charge in [0, 0.05) is 0 Å². The number of ketones is 1. The molecule has 1 aliphatic heterocycles. The zero-order chi connectivity index (χ0) is 12.5. The third-order valence-electron chi connectivity index (χ3n) is 2.65. The topological polar surface area (TPSA) is 59.4 Å². The van der Waals surface area contributed by atoms with Gasteiger partial charge in [0.25, 0.3) is 0 Å². The maximum atomic E-state index is 12.2. The maximum absolute atomic E-state index is 12.2. The second-order valence-corrected chi connectivity index (χ2v) is 6.40. The normalized spacial score (nSPS) is 16.6. The molecule has 3 rings (SSSR count). The Morgan fingerprint density at radius 2 is 2.06 bits per heavy atom. The van der Waals surface area contributed by atoms with Crippen LogP contribution in [0.25, 0.3) is 0 Å². The molecule has 4 nitrogen and oxygen atoms in total. The first-order chi connectivity index (χ1) is 8.75. The summed E-state index contributed by atoms with van der Waals surface area (Å²) < 4.78 is 12.4. The molecule has 1 aromatic carbocycles. The summed E-state index contributed by atoms with van der Waals surface area (Å²) >= 11 is -2.18. The van der Waals surface area contributed by atoms with Gasteiger partial charge < -0.3 is 0 Å². The molecule has 0 radical (unpaired) electrons. The van der Waals surface area contributed by atoms with Crippen LogP contribution >= 0.6 is 0 Å². The van der Waals surface area contributed by atoms with Gasteiger partial charge >= 0.3 is 107 Å². The van der Waals surface area contributed by atoms with Crippen molar-refractivity contribution >= 4 is 34.9 Å². The molecule has 88 valence electrons. The van der Waals surface area contributed by atoms with Gasteiger partial charge in [0.1, 0.15) is 0 Å². The van der Waals surface area contributed by atoms with Crippen LogP contribution < -0.4 is 4.46 Å². The number of carbonyl (C=O) groups excluding carboxylic acids is 1. The quantitative estimate of drug-likeness (QED) is 0.618. The average Bonchev–Trinajstić information content (AvgIpc) is 2.80. The van der Waals surface area contributed by atoms with E-state index in [9.17, 15) is 8.63 Å². The SMILES string of the molecule is O=C(c1cccnc1)c1ccc2c(c1)[Se](=O)C=N2. The van der Waals surface area contributed by atoms with E-state index in [1.165, 1.54) is 11.3 Å². The van der Waals surface area contributed by atoms with E-state index in [0.717, 1.165) is 0 Å². The predicted octanol–water partition coefficient (Wildman–Crippen LogP) is 1.20. The van der Waals surface area contributed by atoms with Crippen LogP contribution in [0.3, 0.4) is 0 Å².